The minimum absolute atomic E-state index is 0.00676. The Kier molecular flexibility index (Phi) is 7.67. The van der Waals surface area contributed by atoms with Crippen LogP contribution in [0.2, 0.25) is 0 Å². The number of aromatic hydroxyl groups is 1. The van der Waals surface area contributed by atoms with Gasteiger partial charge in [0.2, 0.25) is 0 Å². The Labute approximate surface area is 203 Å². The van der Waals surface area contributed by atoms with Crippen LogP contribution >= 0.6 is 0 Å². The molecule has 0 aliphatic rings. The molecule has 3 aromatic rings. The molecule has 5 N–H and O–H groups in total. The summed E-state index contributed by atoms with van der Waals surface area (Å²) in [6.07, 6.45) is -2.76. The Hall–Kier alpha value is -4.74. The predicted octanol–water partition coefficient (Wildman–Crippen LogP) is 3.47. The van der Waals surface area contributed by atoms with Crippen LogP contribution in [0.4, 0.5) is 24.8 Å². The first-order valence-electron chi connectivity index (χ1n) is 10.4. The van der Waals surface area contributed by atoms with E-state index < -0.39 is 35.0 Å². The van der Waals surface area contributed by atoms with E-state index in [1.165, 1.54) is 0 Å². The third-order valence-corrected chi connectivity index (χ3v) is 5.05. The lowest BCUT2D eigenvalue weighted by molar-refractivity contribution is -0.138. The smallest absolute Gasteiger partial charge is 0.419 e. The first kappa shape index (κ1) is 25.9. The van der Waals surface area contributed by atoms with Crippen molar-refractivity contribution in [1.82, 2.24) is 14.9 Å². The summed E-state index contributed by atoms with van der Waals surface area (Å²) in [6, 6.07) is 10.7. The van der Waals surface area contributed by atoms with Crippen LogP contribution in [0, 0.1) is 5.41 Å². The van der Waals surface area contributed by atoms with Crippen molar-refractivity contribution in [2.45, 2.75) is 6.18 Å². The van der Waals surface area contributed by atoms with E-state index in [-0.39, 0.29) is 41.4 Å². The molecule has 0 aliphatic carbocycles. The number of aromatic nitrogens is 2. The molecule has 186 valence electrons. The fraction of sp³-hybridized carbons (Fsp3) is 0.125. The van der Waals surface area contributed by atoms with E-state index in [1.807, 2.05) is 0 Å². The Morgan fingerprint density at radius 2 is 1.83 bits per heavy atom. The number of phenolic OH excluding ortho intramolecular Hbond substituents is 1. The SMILES string of the molecule is C=CC(=O)N(CCNc1ncnc(N)c1C(=N)c1ccc(O)c(C(F)(F)F)c1)C(=O)c1ccccc1. The number of nitrogens with one attached hydrogen (secondary N) is 2. The number of phenols is 1. The van der Waals surface area contributed by atoms with Crippen LogP contribution < -0.4 is 11.1 Å². The molecule has 0 unspecified atom stereocenters. The molecule has 36 heavy (non-hydrogen) atoms. The maximum atomic E-state index is 13.2. The first-order chi connectivity index (χ1) is 17.0. The number of hydrogen-bond donors (Lipinski definition) is 4. The molecule has 3 rings (SSSR count). The Balaban J connectivity index is 1.85. The van der Waals surface area contributed by atoms with Crippen molar-refractivity contribution in [1.29, 1.82) is 5.41 Å². The number of nitrogen functional groups attached to an aromatic ring is 1. The number of benzene rings is 2. The van der Waals surface area contributed by atoms with Gasteiger partial charge < -0.3 is 16.2 Å². The van der Waals surface area contributed by atoms with Crippen LogP contribution in [0.15, 0.2) is 67.5 Å². The zero-order valence-electron chi connectivity index (χ0n) is 18.7. The maximum absolute atomic E-state index is 13.2. The summed E-state index contributed by atoms with van der Waals surface area (Å²) in [4.78, 5) is 33.9. The van der Waals surface area contributed by atoms with Gasteiger partial charge in [-0.2, -0.15) is 13.2 Å². The molecule has 0 aliphatic heterocycles. The highest BCUT2D eigenvalue weighted by atomic mass is 19.4. The number of alkyl halides is 3. The van der Waals surface area contributed by atoms with E-state index in [9.17, 15) is 27.9 Å². The number of amides is 2. The molecule has 9 nitrogen and oxygen atoms in total. The van der Waals surface area contributed by atoms with Gasteiger partial charge in [0.1, 0.15) is 23.7 Å². The largest absolute Gasteiger partial charge is 0.507 e. The second-order valence-corrected chi connectivity index (χ2v) is 7.38. The second-order valence-electron chi connectivity index (χ2n) is 7.38. The van der Waals surface area contributed by atoms with Gasteiger partial charge in [-0.15, -0.1) is 0 Å². The predicted molar refractivity (Wildman–Crippen MR) is 127 cm³/mol. The van der Waals surface area contributed by atoms with E-state index in [0.29, 0.717) is 6.07 Å². The molecule has 1 heterocycles. The lowest BCUT2D eigenvalue weighted by Gasteiger charge is -2.20. The molecule has 0 spiro atoms. The van der Waals surface area contributed by atoms with Crippen molar-refractivity contribution in [3.63, 3.8) is 0 Å². The highest BCUT2D eigenvalue weighted by molar-refractivity contribution is 6.16. The molecule has 2 amide bonds. The van der Waals surface area contributed by atoms with Gasteiger partial charge in [0.05, 0.1) is 16.8 Å². The van der Waals surface area contributed by atoms with Crippen LogP contribution in [0.5, 0.6) is 5.75 Å². The summed E-state index contributed by atoms with van der Waals surface area (Å²) in [5.74, 6) is -2.35. The van der Waals surface area contributed by atoms with Crippen molar-refractivity contribution in [3.8, 4) is 5.75 Å². The first-order valence-corrected chi connectivity index (χ1v) is 10.4. The number of rotatable bonds is 8. The normalized spacial score (nSPS) is 11.0. The van der Waals surface area contributed by atoms with Gasteiger partial charge in [0.25, 0.3) is 11.8 Å². The van der Waals surface area contributed by atoms with E-state index in [4.69, 9.17) is 11.1 Å². The van der Waals surface area contributed by atoms with Gasteiger partial charge in [-0.3, -0.25) is 19.9 Å². The van der Waals surface area contributed by atoms with Gasteiger partial charge in [-0.25, -0.2) is 9.97 Å². The molecule has 0 saturated carbocycles. The van der Waals surface area contributed by atoms with Crippen molar-refractivity contribution in [2.24, 2.45) is 0 Å². The lowest BCUT2D eigenvalue weighted by atomic mass is 10.00. The standard InChI is InChI=1S/C24H21F3N6O3/c1-2-18(35)33(23(36)14-6-4-3-5-7-14)11-10-30-22-19(21(29)31-13-32-22)20(28)15-8-9-17(34)16(12-15)24(25,26)27/h2-9,12-13,28,34H,1,10-11H2,(H3,29,30,31,32). The van der Waals surface area contributed by atoms with Crippen LogP contribution in [0.25, 0.3) is 0 Å². The molecule has 0 radical (unpaired) electrons. The van der Waals surface area contributed by atoms with Crippen molar-refractivity contribution in [3.05, 3.63) is 89.8 Å². The topological polar surface area (TPSA) is 145 Å². The van der Waals surface area contributed by atoms with Crippen LogP contribution in [-0.2, 0) is 11.0 Å². The highest BCUT2D eigenvalue weighted by Crippen LogP contribution is 2.36. The van der Waals surface area contributed by atoms with Gasteiger partial charge >= 0.3 is 6.18 Å². The molecule has 1 aromatic heterocycles. The maximum Gasteiger partial charge on any atom is 0.419 e. The van der Waals surface area contributed by atoms with Crippen molar-refractivity contribution < 1.29 is 27.9 Å². The third-order valence-electron chi connectivity index (χ3n) is 5.05. The number of carbonyl (C=O) groups excluding carboxylic acids is 2. The van der Waals surface area contributed by atoms with Crippen LogP contribution in [0.3, 0.4) is 0 Å². The van der Waals surface area contributed by atoms with Gasteiger partial charge in [0, 0.05) is 24.2 Å². The number of nitrogens with zero attached hydrogens (tertiary/aromatic N) is 3. The summed E-state index contributed by atoms with van der Waals surface area (Å²) in [5.41, 5.74) is 4.17. The molecule has 2 aromatic carbocycles. The molecule has 0 fully saturated rings. The van der Waals surface area contributed by atoms with Crippen LogP contribution in [-0.4, -0.2) is 50.6 Å². The quantitative estimate of drug-likeness (QED) is 0.275. The Bertz CT molecular complexity index is 1310. The number of anilines is 2. The fourth-order valence-electron chi connectivity index (χ4n) is 3.29. The average Bonchev–Trinajstić information content (AvgIpc) is 2.85. The summed E-state index contributed by atoms with van der Waals surface area (Å²) < 4.78 is 39.7. The molecule has 0 saturated heterocycles. The molecular weight excluding hydrogens is 477 g/mol. The Morgan fingerprint density at radius 1 is 1.14 bits per heavy atom. The highest BCUT2D eigenvalue weighted by Gasteiger charge is 2.34. The summed E-state index contributed by atoms with van der Waals surface area (Å²) in [7, 11) is 0. The summed E-state index contributed by atoms with van der Waals surface area (Å²) >= 11 is 0. The second kappa shape index (κ2) is 10.7. The van der Waals surface area contributed by atoms with E-state index >= 15 is 0 Å². The number of carbonyl (C=O) groups is 2. The van der Waals surface area contributed by atoms with E-state index in [0.717, 1.165) is 29.4 Å². The fourth-order valence-corrected chi connectivity index (χ4v) is 3.29. The minimum atomic E-state index is -4.84. The molecule has 12 heteroatoms. The van der Waals surface area contributed by atoms with Gasteiger partial charge in [-0.05, 0) is 36.4 Å². The molecular formula is C24H21F3N6O3. The summed E-state index contributed by atoms with van der Waals surface area (Å²) in [5, 5.41) is 20.9. The zero-order chi connectivity index (χ0) is 26.5. The van der Waals surface area contributed by atoms with E-state index in [2.05, 4.69) is 21.9 Å². The van der Waals surface area contributed by atoms with Crippen molar-refractivity contribution >= 4 is 29.2 Å². The van der Waals surface area contributed by atoms with Crippen LogP contribution in [0.1, 0.15) is 27.0 Å². The lowest BCUT2D eigenvalue weighted by Crippen LogP contribution is -2.39. The van der Waals surface area contributed by atoms with E-state index in [1.54, 1.807) is 30.3 Å². The molecule has 0 atom stereocenters. The number of hydrogen-bond acceptors (Lipinski definition) is 8. The number of nitrogens with two attached hydrogens (primary N) is 1. The monoisotopic (exact) mass is 498 g/mol. The summed E-state index contributed by atoms with van der Waals surface area (Å²) in [6.45, 7) is 3.26. The minimum Gasteiger partial charge on any atom is -0.507 e. The number of imide groups is 1. The van der Waals surface area contributed by atoms with Gasteiger partial charge in [0.15, 0.2) is 0 Å². The zero-order valence-corrected chi connectivity index (χ0v) is 18.7. The number of halogens is 3. The third kappa shape index (κ3) is 5.66. The average molecular weight is 498 g/mol. The Morgan fingerprint density at radius 3 is 2.47 bits per heavy atom. The van der Waals surface area contributed by atoms with Crippen molar-refractivity contribution in [2.75, 3.05) is 24.1 Å². The molecule has 0 bridgehead atoms. The van der Waals surface area contributed by atoms with Gasteiger partial charge in [-0.1, -0.05) is 24.8 Å².